The van der Waals surface area contributed by atoms with E-state index in [0.29, 0.717) is 0 Å². The molecule has 0 spiro atoms. The lowest BCUT2D eigenvalue weighted by Crippen LogP contribution is -2.22. The Hall–Kier alpha value is -2.20. The number of imidazole rings is 1. The highest BCUT2D eigenvalue weighted by Gasteiger charge is 2.19. The third kappa shape index (κ3) is 2.54. The topological polar surface area (TPSA) is 42.7 Å². The van der Waals surface area contributed by atoms with Crippen molar-refractivity contribution in [3.8, 4) is 0 Å². The van der Waals surface area contributed by atoms with Crippen molar-refractivity contribution in [1.29, 1.82) is 0 Å². The van der Waals surface area contributed by atoms with Gasteiger partial charge in [-0.25, -0.2) is 4.98 Å². The average Bonchev–Trinajstić information content (AvgIpc) is 2.97. The second kappa shape index (κ2) is 6.06. The van der Waals surface area contributed by atoms with Crippen LogP contribution in [0.5, 0.6) is 0 Å². The quantitative estimate of drug-likeness (QED) is 0.780. The van der Waals surface area contributed by atoms with Crippen LogP contribution in [0.4, 0.5) is 0 Å². The van der Waals surface area contributed by atoms with Gasteiger partial charge in [-0.05, 0) is 31.2 Å². The number of aryl methyl sites for hydroxylation is 1. The van der Waals surface area contributed by atoms with Crippen molar-refractivity contribution < 1.29 is 0 Å². The zero-order valence-corrected chi connectivity index (χ0v) is 12.5. The number of benzene rings is 1. The Morgan fingerprint density at radius 3 is 2.81 bits per heavy atom. The van der Waals surface area contributed by atoms with E-state index in [1.54, 1.807) is 0 Å². The van der Waals surface area contributed by atoms with E-state index in [2.05, 4.69) is 45.0 Å². The molecule has 0 saturated carbocycles. The molecule has 108 valence electrons. The average molecular weight is 280 g/mol. The first-order valence-electron chi connectivity index (χ1n) is 7.37. The van der Waals surface area contributed by atoms with E-state index in [1.807, 2.05) is 37.8 Å². The molecule has 1 atom stereocenters. The van der Waals surface area contributed by atoms with Crippen molar-refractivity contribution in [2.75, 3.05) is 7.05 Å². The number of rotatable bonds is 5. The van der Waals surface area contributed by atoms with Gasteiger partial charge in [-0.2, -0.15) is 0 Å². The zero-order chi connectivity index (χ0) is 14.7. The standard InChI is InChI=1S/C17H20N4/c1-3-11-21-12-10-20-17(21)16(18-2)14-8-9-19-15-7-5-4-6-13(14)15/h4-10,12,16,18H,3,11H2,1-2H3. The van der Waals surface area contributed by atoms with Gasteiger partial charge in [0.1, 0.15) is 5.82 Å². The Morgan fingerprint density at radius 1 is 1.14 bits per heavy atom. The van der Waals surface area contributed by atoms with Crippen molar-refractivity contribution in [2.45, 2.75) is 25.9 Å². The maximum Gasteiger partial charge on any atom is 0.130 e. The molecule has 1 N–H and O–H groups in total. The minimum absolute atomic E-state index is 0.0689. The summed E-state index contributed by atoms with van der Waals surface area (Å²) in [4.78, 5) is 9.01. The Bertz CT molecular complexity index is 727. The summed E-state index contributed by atoms with van der Waals surface area (Å²) in [6.07, 6.45) is 6.89. The molecule has 2 aromatic heterocycles. The number of para-hydroxylation sites is 1. The minimum atomic E-state index is 0.0689. The van der Waals surface area contributed by atoms with Crippen molar-refractivity contribution in [3.05, 3.63) is 60.3 Å². The molecule has 3 rings (SSSR count). The van der Waals surface area contributed by atoms with Crippen molar-refractivity contribution >= 4 is 10.9 Å². The van der Waals surface area contributed by atoms with Gasteiger partial charge >= 0.3 is 0 Å². The maximum atomic E-state index is 4.57. The van der Waals surface area contributed by atoms with E-state index in [4.69, 9.17) is 0 Å². The van der Waals surface area contributed by atoms with Crippen LogP contribution >= 0.6 is 0 Å². The SMILES string of the molecule is CCCn1ccnc1C(NC)c1ccnc2ccccc12. The van der Waals surface area contributed by atoms with Crippen molar-refractivity contribution in [3.63, 3.8) is 0 Å². The summed E-state index contributed by atoms with van der Waals surface area (Å²) in [7, 11) is 1.98. The molecule has 0 aliphatic carbocycles. The first-order chi connectivity index (χ1) is 10.3. The lowest BCUT2D eigenvalue weighted by atomic mass is 10.0. The van der Waals surface area contributed by atoms with Crippen LogP contribution < -0.4 is 5.32 Å². The van der Waals surface area contributed by atoms with E-state index in [0.717, 1.165) is 24.3 Å². The highest BCUT2D eigenvalue weighted by Crippen LogP contribution is 2.27. The molecule has 21 heavy (non-hydrogen) atoms. The number of pyridine rings is 1. The fourth-order valence-electron chi connectivity index (χ4n) is 2.80. The van der Waals surface area contributed by atoms with E-state index < -0.39 is 0 Å². The van der Waals surface area contributed by atoms with Crippen molar-refractivity contribution in [1.82, 2.24) is 19.9 Å². The first kappa shape index (κ1) is 13.8. The Kier molecular flexibility index (Phi) is 3.97. The van der Waals surface area contributed by atoms with Crippen LogP contribution in [0.2, 0.25) is 0 Å². The fourth-order valence-corrected chi connectivity index (χ4v) is 2.80. The summed E-state index contributed by atoms with van der Waals surface area (Å²) in [5, 5.41) is 4.57. The second-order valence-electron chi connectivity index (χ2n) is 5.12. The Labute approximate surface area is 124 Å². The molecule has 1 unspecified atom stereocenters. The van der Waals surface area contributed by atoms with Crippen LogP contribution in [0, 0.1) is 0 Å². The molecular formula is C17H20N4. The molecule has 4 heteroatoms. The highest BCUT2D eigenvalue weighted by atomic mass is 15.1. The van der Waals surface area contributed by atoms with Gasteiger partial charge in [-0.1, -0.05) is 25.1 Å². The van der Waals surface area contributed by atoms with Gasteiger partial charge < -0.3 is 9.88 Å². The van der Waals surface area contributed by atoms with Crippen molar-refractivity contribution in [2.24, 2.45) is 0 Å². The van der Waals surface area contributed by atoms with Gasteiger partial charge in [0, 0.05) is 30.5 Å². The molecule has 2 heterocycles. The summed E-state index contributed by atoms with van der Waals surface area (Å²) in [6.45, 7) is 3.16. The number of hydrogen-bond acceptors (Lipinski definition) is 3. The molecule has 0 radical (unpaired) electrons. The maximum absolute atomic E-state index is 4.57. The summed E-state index contributed by atoms with van der Waals surface area (Å²) in [5.41, 5.74) is 2.23. The van der Waals surface area contributed by atoms with Crippen LogP contribution in [0.3, 0.4) is 0 Å². The molecule has 0 saturated heterocycles. The fraction of sp³-hybridized carbons (Fsp3) is 0.294. The molecule has 0 aliphatic rings. The number of hydrogen-bond donors (Lipinski definition) is 1. The van der Waals surface area contributed by atoms with Gasteiger partial charge in [0.05, 0.1) is 11.6 Å². The van der Waals surface area contributed by atoms with Crippen LogP contribution in [0.25, 0.3) is 10.9 Å². The van der Waals surface area contributed by atoms with Crippen LogP contribution in [-0.2, 0) is 6.54 Å². The number of aromatic nitrogens is 3. The smallest absolute Gasteiger partial charge is 0.130 e. The predicted molar refractivity (Wildman–Crippen MR) is 85.2 cm³/mol. The lowest BCUT2D eigenvalue weighted by Gasteiger charge is -2.19. The lowest BCUT2D eigenvalue weighted by molar-refractivity contribution is 0.570. The van der Waals surface area contributed by atoms with Gasteiger partial charge in [0.15, 0.2) is 0 Å². The van der Waals surface area contributed by atoms with E-state index in [-0.39, 0.29) is 6.04 Å². The molecule has 1 aromatic carbocycles. The van der Waals surface area contributed by atoms with Crippen LogP contribution in [0.15, 0.2) is 48.9 Å². The van der Waals surface area contributed by atoms with Gasteiger partial charge in [0.2, 0.25) is 0 Å². The van der Waals surface area contributed by atoms with Gasteiger partial charge in [0.25, 0.3) is 0 Å². The van der Waals surface area contributed by atoms with Gasteiger partial charge in [-0.15, -0.1) is 0 Å². The number of nitrogens with zero attached hydrogens (tertiary/aromatic N) is 3. The molecule has 0 aliphatic heterocycles. The van der Waals surface area contributed by atoms with Crippen LogP contribution in [-0.4, -0.2) is 21.6 Å². The molecule has 0 bridgehead atoms. The van der Waals surface area contributed by atoms with Gasteiger partial charge in [-0.3, -0.25) is 4.98 Å². The predicted octanol–water partition coefficient (Wildman–Crippen LogP) is 3.15. The van der Waals surface area contributed by atoms with E-state index in [1.165, 1.54) is 10.9 Å². The second-order valence-corrected chi connectivity index (χ2v) is 5.12. The highest BCUT2D eigenvalue weighted by molar-refractivity contribution is 5.82. The van der Waals surface area contributed by atoms with E-state index in [9.17, 15) is 0 Å². The number of nitrogens with one attached hydrogen (secondary N) is 1. The van der Waals surface area contributed by atoms with Crippen LogP contribution in [0.1, 0.15) is 30.8 Å². The third-order valence-corrected chi connectivity index (χ3v) is 3.75. The minimum Gasteiger partial charge on any atom is -0.333 e. The summed E-state index contributed by atoms with van der Waals surface area (Å²) in [6, 6.07) is 10.4. The monoisotopic (exact) mass is 280 g/mol. The molecule has 4 nitrogen and oxygen atoms in total. The zero-order valence-electron chi connectivity index (χ0n) is 12.5. The summed E-state index contributed by atoms with van der Waals surface area (Å²) < 4.78 is 2.22. The largest absolute Gasteiger partial charge is 0.333 e. The van der Waals surface area contributed by atoms with E-state index >= 15 is 0 Å². The number of fused-ring (bicyclic) bond motifs is 1. The molecule has 0 amide bonds. The third-order valence-electron chi connectivity index (χ3n) is 3.75. The summed E-state index contributed by atoms with van der Waals surface area (Å²) in [5.74, 6) is 1.05. The Balaban J connectivity index is 2.12. The molecular weight excluding hydrogens is 260 g/mol. The first-order valence-corrected chi connectivity index (χ1v) is 7.37. The molecule has 0 fully saturated rings. The normalized spacial score (nSPS) is 12.7. The Morgan fingerprint density at radius 2 is 2.00 bits per heavy atom. The molecule has 3 aromatic rings. The summed E-state index contributed by atoms with van der Waals surface area (Å²) >= 11 is 0.